The van der Waals surface area contributed by atoms with Crippen molar-refractivity contribution in [1.29, 1.82) is 0 Å². The van der Waals surface area contributed by atoms with Gasteiger partial charge in [0.25, 0.3) is 0 Å². The van der Waals surface area contributed by atoms with Crippen molar-refractivity contribution in [2.75, 3.05) is 31.6 Å². The van der Waals surface area contributed by atoms with E-state index in [0.717, 1.165) is 36.6 Å². The Morgan fingerprint density at radius 1 is 1.23 bits per heavy atom. The average Bonchev–Trinajstić information content (AvgIpc) is 3.09. The largest absolute Gasteiger partial charge is 0.497 e. The van der Waals surface area contributed by atoms with E-state index >= 15 is 0 Å². The molecule has 0 fully saturated rings. The number of hydrogen-bond acceptors (Lipinski definition) is 4. The predicted octanol–water partition coefficient (Wildman–Crippen LogP) is 3.74. The zero-order valence-electron chi connectivity index (χ0n) is 15.4. The Morgan fingerprint density at radius 3 is 2.77 bits per heavy atom. The van der Waals surface area contributed by atoms with E-state index in [1.165, 1.54) is 11.3 Å². The molecule has 1 amide bonds. The van der Waals surface area contributed by atoms with E-state index in [1.807, 2.05) is 31.2 Å². The van der Waals surface area contributed by atoms with Gasteiger partial charge in [-0.15, -0.1) is 11.8 Å². The molecule has 1 atom stereocenters. The van der Waals surface area contributed by atoms with E-state index < -0.39 is 0 Å². The van der Waals surface area contributed by atoms with Gasteiger partial charge in [-0.05, 0) is 55.7 Å². The van der Waals surface area contributed by atoms with Gasteiger partial charge in [0, 0.05) is 30.2 Å². The second-order valence-electron chi connectivity index (χ2n) is 6.45. The van der Waals surface area contributed by atoms with E-state index in [4.69, 9.17) is 4.74 Å². The summed E-state index contributed by atoms with van der Waals surface area (Å²) in [6.07, 6.45) is 2.08. The van der Waals surface area contributed by atoms with Gasteiger partial charge in [0.15, 0.2) is 0 Å². The molecule has 1 heterocycles. The van der Waals surface area contributed by atoms with Crippen LogP contribution in [0.15, 0.2) is 53.4 Å². The first kappa shape index (κ1) is 18.6. The molecule has 0 saturated carbocycles. The van der Waals surface area contributed by atoms with Crippen LogP contribution in [-0.2, 0) is 11.2 Å². The number of hydrogen-bond donors (Lipinski definition) is 1. The number of methoxy groups -OCH3 is 1. The van der Waals surface area contributed by atoms with Crippen molar-refractivity contribution in [2.24, 2.45) is 0 Å². The molecule has 1 aliphatic rings. The highest BCUT2D eigenvalue weighted by molar-refractivity contribution is 8.00. The van der Waals surface area contributed by atoms with Crippen molar-refractivity contribution in [1.82, 2.24) is 5.32 Å². The van der Waals surface area contributed by atoms with Crippen molar-refractivity contribution < 1.29 is 9.53 Å². The summed E-state index contributed by atoms with van der Waals surface area (Å²) in [5, 5.41) is 2.95. The van der Waals surface area contributed by atoms with E-state index in [0.29, 0.717) is 6.54 Å². The van der Waals surface area contributed by atoms with Crippen molar-refractivity contribution >= 4 is 23.4 Å². The number of anilines is 1. The molecule has 0 aromatic heterocycles. The number of amides is 1. The van der Waals surface area contributed by atoms with Gasteiger partial charge in [-0.25, -0.2) is 0 Å². The summed E-state index contributed by atoms with van der Waals surface area (Å²) in [6, 6.07) is 16.4. The molecule has 1 aliphatic heterocycles. The van der Waals surface area contributed by atoms with Crippen molar-refractivity contribution in [3.63, 3.8) is 0 Å². The number of nitrogens with zero attached hydrogens (tertiary/aromatic N) is 1. The molecule has 3 rings (SSSR count). The van der Waals surface area contributed by atoms with Gasteiger partial charge >= 0.3 is 0 Å². The summed E-state index contributed by atoms with van der Waals surface area (Å²) < 4.78 is 5.16. The Bertz CT molecular complexity index is 733. The Kier molecular flexibility index (Phi) is 6.45. The third-order valence-corrected chi connectivity index (χ3v) is 5.74. The molecule has 1 N–H and O–H groups in total. The summed E-state index contributed by atoms with van der Waals surface area (Å²) in [7, 11) is 1.65. The summed E-state index contributed by atoms with van der Waals surface area (Å²) in [4.78, 5) is 15.8. The van der Waals surface area contributed by atoms with Crippen LogP contribution in [0.4, 0.5) is 5.69 Å². The molecule has 0 unspecified atom stereocenters. The highest BCUT2D eigenvalue weighted by atomic mass is 32.2. The molecule has 2 aromatic rings. The number of ether oxygens (including phenoxy) is 1. The fraction of sp³-hybridized carbons (Fsp3) is 0.381. The lowest BCUT2D eigenvalue weighted by Crippen LogP contribution is -2.33. The SMILES string of the molecule is COc1ccc(S[C@@H](C)C(=O)NCCCN2CCc3ccccc32)cc1. The number of carbonyl (C=O) groups excluding carboxylic acids is 1. The molecule has 0 bridgehead atoms. The minimum Gasteiger partial charge on any atom is -0.497 e. The van der Waals surface area contributed by atoms with Gasteiger partial charge < -0.3 is 15.0 Å². The number of carbonyl (C=O) groups is 1. The number of rotatable bonds is 8. The maximum atomic E-state index is 12.3. The fourth-order valence-electron chi connectivity index (χ4n) is 3.18. The lowest BCUT2D eigenvalue weighted by atomic mass is 10.2. The zero-order chi connectivity index (χ0) is 18.4. The van der Waals surface area contributed by atoms with Gasteiger partial charge in [-0.2, -0.15) is 0 Å². The molecule has 26 heavy (non-hydrogen) atoms. The molecule has 0 radical (unpaired) electrons. The van der Waals surface area contributed by atoms with Gasteiger partial charge in [0.2, 0.25) is 5.91 Å². The van der Waals surface area contributed by atoms with Crippen LogP contribution in [0.25, 0.3) is 0 Å². The normalized spacial score (nSPS) is 14.0. The fourth-order valence-corrected chi connectivity index (χ4v) is 4.07. The smallest absolute Gasteiger partial charge is 0.233 e. The third-order valence-electron chi connectivity index (χ3n) is 4.63. The third kappa shape index (κ3) is 4.73. The standard InChI is InChI=1S/C21H26N2O2S/c1-16(26-19-10-8-18(25-2)9-11-19)21(24)22-13-5-14-23-15-12-17-6-3-4-7-20(17)23/h3-4,6-11,16H,5,12-15H2,1-2H3,(H,22,24)/t16-/m0/s1. The number of para-hydroxylation sites is 1. The monoisotopic (exact) mass is 370 g/mol. The molecule has 5 heteroatoms. The number of nitrogens with one attached hydrogen (secondary N) is 1. The first-order chi connectivity index (χ1) is 12.7. The summed E-state index contributed by atoms with van der Waals surface area (Å²) in [5.74, 6) is 0.919. The summed E-state index contributed by atoms with van der Waals surface area (Å²) >= 11 is 1.57. The summed E-state index contributed by atoms with van der Waals surface area (Å²) in [6.45, 7) is 4.72. The number of benzene rings is 2. The zero-order valence-corrected chi connectivity index (χ0v) is 16.2. The molecule has 138 valence electrons. The van der Waals surface area contributed by atoms with Crippen LogP contribution in [-0.4, -0.2) is 37.9 Å². The molecular weight excluding hydrogens is 344 g/mol. The van der Waals surface area contributed by atoms with Gasteiger partial charge in [-0.1, -0.05) is 18.2 Å². The van der Waals surface area contributed by atoms with Crippen molar-refractivity contribution in [3.05, 3.63) is 54.1 Å². The highest BCUT2D eigenvalue weighted by Crippen LogP contribution is 2.27. The van der Waals surface area contributed by atoms with Crippen LogP contribution in [0.5, 0.6) is 5.75 Å². The molecule has 0 spiro atoms. The van der Waals surface area contributed by atoms with Crippen LogP contribution in [0, 0.1) is 0 Å². The van der Waals surface area contributed by atoms with Crippen LogP contribution in [0.3, 0.4) is 0 Å². The van der Waals surface area contributed by atoms with Crippen LogP contribution < -0.4 is 15.0 Å². The molecule has 0 aliphatic carbocycles. The Hall–Kier alpha value is -2.14. The quantitative estimate of drug-likeness (QED) is 0.568. The minimum absolute atomic E-state index is 0.0904. The lowest BCUT2D eigenvalue weighted by molar-refractivity contribution is -0.120. The van der Waals surface area contributed by atoms with E-state index in [2.05, 4.69) is 34.5 Å². The maximum absolute atomic E-state index is 12.3. The number of fused-ring (bicyclic) bond motifs is 1. The van der Waals surface area contributed by atoms with Crippen LogP contribution in [0.1, 0.15) is 18.9 Å². The van der Waals surface area contributed by atoms with Crippen molar-refractivity contribution in [2.45, 2.75) is 29.9 Å². The predicted molar refractivity (Wildman–Crippen MR) is 108 cm³/mol. The molecule has 4 nitrogen and oxygen atoms in total. The van der Waals surface area contributed by atoms with Crippen molar-refractivity contribution in [3.8, 4) is 5.75 Å². The first-order valence-corrected chi connectivity index (χ1v) is 9.96. The van der Waals surface area contributed by atoms with E-state index in [1.54, 1.807) is 18.9 Å². The lowest BCUT2D eigenvalue weighted by Gasteiger charge is -2.19. The Balaban J connectivity index is 1.38. The van der Waals surface area contributed by atoms with Gasteiger partial charge in [0.05, 0.1) is 12.4 Å². The Labute approximate surface area is 159 Å². The van der Waals surface area contributed by atoms with E-state index in [9.17, 15) is 4.79 Å². The van der Waals surface area contributed by atoms with Crippen LogP contribution >= 0.6 is 11.8 Å². The molecule has 2 aromatic carbocycles. The molecule has 0 saturated heterocycles. The second-order valence-corrected chi connectivity index (χ2v) is 7.86. The Morgan fingerprint density at radius 2 is 2.00 bits per heavy atom. The van der Waals surface area contributed by atoms with E-state index in [-0.39, 0.29) is 11.2 Å². The first-order valence-electron chi connectivity index (χ1n) is 9.08. The van der Waals surface area contributed by atoms with Gasteiger partial charge in [0.1, 0.15) is 5.75 Å². The van der Waals surface area contributed by atoms with Crippen LogP contribution in [0.2, 0.25) is 0 Å². The topological polar surface area (TPSA) is 41.6 Å². The average molecular weight is 371 g/mol. The second kappa shape index (κ2) is 8.99. The highest BCUT2D eigenvalue weighted by Gasteiger charge is 2.18. The maximum Gasteiger partial charge on any atom is 0.233 e. The number of thioether (sulfide) groups is 1. The summed E-state index contributed by atoms with van der Waals surface area (Å²) in [5.41, 5.74) is 2.78. The van der Waals surface area contributed by atoms with Gasteiger partial charge in [-0.3, -0.25) is 4.79 Å². The molecular formula is C21H26N2O2S. The minimum atomic E-state index is -0.115.